The molecule has 0 unspecified atom stereocenters. The molecule has 0 aliphatic carbocycles. The number of hydrogen-bond donors (Lipinski definition) is 2. The van der Waals surface area contributed by atoms with Crippen LogP contribution in [-0.4, -0.2) is 24.0 Å². The zero-order valence-electron chi connectivity index (χ0n) is 15.0. The standard InChI is InChI=1S/C19H19N3O3S/c1-9-10(2)14-15(20)16(26-18(14)21-11(9)3)17(23)22-13-7-5-6-12(8-13)19(24)25-4/h5-8H,20H2,1-4H3,(H,22,23). The Morgan fingerprint density at radius 2 is 1.92 bits per heavy atom. The molecule has 0 atom stereocenters. The minimum atomic E-state index is -0.465. The van der Waals surface area contributed by atoms with Crippen molar-refractivity contribution >= 4 is 44.8 Å². The average Bonchev–Trinajstić information content (AvgIpc) is 2.95. The van der Waals surface area contributed by atoms with E-state index in [0.29, 0.717) is 21.8 Å². The summed E-state index contributed by atoms with van der Waals surface area (Å²) in [5, 5.41) is 3.61. The number of aryl methyl sites for hydroxylation is 2. The highest BCUT2D eigenvalue weighted by molar-refractivity contribution is 7.21. The summed E-state index contributed by atoms with van der Waals surface area (Å²) in [6.07, 6.45) is 0. The van der Waals surface area contributed by atoms with Crippen molar-refractivity contribution in [3.05, 3.63) is 51.5 Å². The van der Waals surface area contributed by atoms with E-state index in [9.17, 15) is 9.59 Å². The van der Waals surface area contributed by atoms with Gasteiger partial charge >= 0.3 is 5.97 Å². The second kappa shape index (κ2) is 6.76. The lowest BCUT2D eigenvalue weighted by molar-refractivity contribution is 0.0600. The van der Waals surface area contributed by atoms with Gasteiger partial charge < -0.3 is 15.8 Å². The molecule has 0 saturated carbocycles. The van der Waals surface area contributed by atoms with Gasteiger partial charge in [0, 0.05) is 16.8 Å². The number of rotatable bonds is 3. The van der Waals surface area contributed by atoms with Crippen LogP contribution in [0.15, 0.2) is 24.3 Å². The molecule has 0 aliphatic rings. The van der Waals surface area contributed by atoms with E-state index < -0.39 is 5.97 Å². The number of carbonyl (C=O) groups excluding carboxylic acids is 2. The lowest BCUT2D eigenvalue weighted by atomic mass is 10.1. The monoisotopic (exact) mass is 369 g/mol. The number of anilines is 2. The van der Waals surface area contributed by atoms with Crippen molar-refractivity contribution in [3.63, 3.8) is 0 Å². The number of fused-ring (bicyclic) bond motifs is 1. The third-order valence-corrected chi connectivity index (χ3v) is 5.52. The molecular formula is C19H19N3O3S. The van der Waals surface area contributed by atoms with Gasteiger partial charge in [0.25, 0.3) is 5.91 Å². The Labute approximate surface area is 155 Å². The van der Waals surface area contributed by atoms with Crippen LogP contribution in [-0.2, 0) is 4.74 Å². The number of thiophene rings is 1. The molecule has 0 aliphatic heterocycles. The molecule has 0 fully saturated rings. The Bertz CT molecular complexity index is 1040. The molecular weight excluding hydrogens is 350 g/mol. The summed E-state index contributed by atoms with van der Waals surface area (Å²) >= 11 is 1.26. The quantitative estimate of drug-likeness (QED) is 0.684. The first-order chi connectivity index (χ1) is 12.3. The van der Waals surface area contributed by atoms with Crippen LogP contribution in [0.1, 0.15) is 36.9 Å². The first-order valence-electron chi connectivity index (χ1n) is 7.99. The Balaban J connectivity index is 1.97. The van der Waals surface area contributed by atoms with E-state index in [0.717, 1.165) is 27.0 Å². The van der Waals surface area contributed by atoms with E-state index in [1.165, 1.54) is 18.4 Å². The minimum absolute atomic E-state index is 0.331. The summed E-state index contributed by atoms with van der Waals surface area (Å²) in [7, 11) is 1.31. The molecule has 1 aromatic carbocycles. The van der Waals surface area contributed by atoms with Gasteiger partial charge in [-0.05, 0) is 50.1 Å². The second-order valence-electron chi connectivity index (χ2n) is 6.00. The number of ether oxygens (including phenoxy) is 1. The van der Waals surface area contributed by atoms with Crippen LogP contribution in [0.2, 0.25) is 0 Å². The number of nitrogens with zero attached hydrogens (tertiary/aromatic N) is 1. The highest BCUT2D eigenvalue weighted by Crippen LogP contribution is 2.36. The number of esters is 1. The van der Waals surface area contributed by atoms with Crippen molar-refractivity contribution < 1.29 is 14.3 Å². The molecule has 0 spiro atoms. The van der Waals surface area contributed by atoms with E-state index >= 15 is 0 Å². The fourth-order valence-corrected chi connectivity index (χ4v) is 3.86. The summed E-state index contributed by atoms with van der Waals surface area (Å²) in [6, 6.07) is 6.55. The Morgan fingerprint density at radius 3 is 2.62 bits per heavy atom. The summed E-state index contributed by atoms with van der Waals surface area (Å²) in [5.41, 5.74) is 10.6. The van der Waals surface area contributed by atoms with Gasteiger partial charge in [0.2, 0.25) is 0 Å². The number of amides is 1. The Morgan fingerprint density at radius 1 is 1.19 bits per heavy atom. The van der Waals surface area contributed by atoms with E-state index in [4.69, 9.17) is 10.5 Å². The molecule has 0 bridgehead atoms. The topological polar surface area (TPSA) is 94.3 Å². The first-order valence-corrected chi connectivity index (χ1v) is 8.80. The zero-order chi connectivity index (χ0) is 19.0. The van der Waals surface area contributed by atoms with Crippen LogP contribution in [0, 0.1) is 20.8 Å². The Hall–Kier alpha value is -2.93. The van der Waals surface area contributed by atoms with Crippen molar-refractivity contribution in [3.8, 4) is 0 Å². The lowest BCUT2D eigenvalue weighted by Crippen LogP contribution is -2.12. The average molecular weight is 369 g/mol. The van der Waals surface area contributed by atoms with Crippen LogP contribution in [0.3, 0.4) is 0 Å². The first kappa shape index (κ1) is 17.9. The normalized spacial score (nSPS) is 10.8. The second-order valence-corrected chi connectivity index (χ2v) is 7.00. The molecule has 1 amide bonds. The fraction of sp³-hybridized carbons (Fsp3) is 0.211. The number of nitrogens with two attached hydrogens (primary N) is 1. The maximum absolute atomic E-state index is 12.7. The molecule has 6 nitrogen and oxygen atoms in total. The van der Waals surface area contributed by atoms with Crippen molar-refractivity contribution in [2.24, 2.45) is 0 Å². The molecule has 3 aromatic rings. The molecule has 7 heteroatoms. The summed E-state index contributed by atoms with van der Waals surface area (Å²) < 4.78 is 4.70. The molecule has 26 heavy (non-hydrogen) atoms. The number of aromatic nitrogens is 1. The smallest absolute Gasteiger partial charge is 0.337 e. The molecule has 2 aromatic heterocycles. The summed E-state index contributed by atoms with van der Waals surface area (Å²) in [5.74, 6) is -0.796. The van der Waals surface area contributed by atoms with E-state index in [-0.39, 0.29) is 5.91 Å². The van der Waals surface area contributed by atoms with Crippen molar-refractivity contribution in [2.45, 2.75) is 20.8 Å². The van der Waals surface area contributed by atoms with E-state index in [1.807, 2.05) is 20.8 Å². The molecule has 3 N–H and O–H groups in total. The van der Waals surface area contributed by atoms with Crippen molar-refractivity contribution in [1.82, 2.24) is 4.98 Å². The minimum Gasteiger partial charge on any atom is -0.465 e. The number of pyridine rings is 1. The maximum atomic E-state index is 12.7. The van der Waals surface area contributed by atoms with Gasteiger partial charge in [-0.1, -0.05) is 6.07 Å². The van der Waals surface area contributed by atoms with Crippen molar-refractivity contribution in [2.75, 3.05) is 18.2 Å². The molecule has 134 valence electrons. The summed E-state index contributed by atoms with van der Waals surface area (Å²) in [6.45, 7) is 5.92. The number of nitrogens with one attached hydrogen (secondary N) is 1. The molecule has 2 heterocycles. The maximum Gasteiger partial charge on any atom is 0.337 e. The van der Waals surface area contributed by atoms with Gasteiger partial charge in [0.05, 0.1) is 18.4 Å². The van der Waals surface area contributed by atoms with Crippen LogP contribution in [0.25, 0.3) is 10.2 Å². The number of methoxy groups -OCH3 is 1. The highest BCUT2D eigenvalue weighted by Gasteiger charge is 2.20. The zero-order valence-corrected chi connectivity index (χ0v) is 15.8. The molecule has 3 rings (SSSR count). The Kier molecular flexibility index (Phi) is 4.65. The SMILES string of the molecule is COC(=O)c1cccc(NC(=O)c2sc3nc(C)c(C)c(C)c3c2N)c1. The number of carbonyl (C=O) groups is 2. The van der Waals surface area contributed by atoms with Crippen molar-refractivity contribution in [1.29, 1.82) is 0 Å². The summed E-state index contributed by atoms with van der Waals surface area (Å²) in [4.78, 5) is 30.1. The third kappa shape index (κ3) is 3.01. The van der Waals surface area contributed by atoms with E-state index in [1.54, 1.807) is 24.3 Å². The van der Waals surface area contributed by atoms with Crippen LogP contribution >= 0.6 is 11.3 Å². The van der Waals surface area contributed by atoms with Crippen LogP contribution in [0.4, 0.5) is 11.4 Å². The largest absolute Gasteiger partial charge is 0.465 e. The number of benzene rings is 1. The van der Waals surface area contributed by atoms with Crippen LogP contribution in [0.5, 0.6) is 0 Å². The van der Waals surface area contributed by atoms with E-state index in [2.05, 4.69) is 10.3 Å². The highest BCUT2D eigenvalue weighted by atomic mass is 32.1. The predicted octanol–water partition coefficient (Wildman–Crippen LogP) is 3.84. The lowest BCUT2D eigenvalue weighted by Gasteiger charge is -2.07. The van der Waals surface area contributed by atoms with Gasteiger partial charge in [0.1, 0.15) is 9.71 Å². The molecule has 0 radical (unpaired) electrons. The van der Waals surface area contributed by atoms with Gasteiger partial charge in [-0.3, -0.25) is 4.79 Å². The van der Waals surface area contributed by atoms with Gasteiger partial charge in [0.15, 0.2) is 0 Å². The fourth-order valence-electron chi connectivity index (χ4n) is 2.77. The molecule has 0 saturated heterocycles. The van der Waals surface area contributed by atoms with Gasteiger partial charge in [-0.25, -0.2) is 9.78 Å². The van der Waals surface area contributed by atoms with Gasteiger partial charge in [-0.15, -0.1) is 11.3 Å². The van der Waals surface area contributed by atoms with Crippen LogP contribution < -0.4 is 11.1 Å². The van der Waals surface area contributed by atoms with Gasteiger partial charge in [-0.2, -0.15) is 0 Å². The number of hydrogen-bond acceptors (Lipinski definition) is 6. The third-order valence-electron chi connectivity index (χ3n) is 4.42. The number of nitrogen functional groups attached to an aromatic ring is 1. The predicted molar refractivity (Wildman–Crippen MR) is 104 cm³/mol.